The number of benzene rings is 1. The Morgan fingerprint density at radius 1 is 0.829 bits per heavy atom. The van der Waals surface area contributed by atoms with E-state index in [1.54, 1.807) is 0 Å². The first-order valence-corrected chi connectivity index (χ1v) is 10.6. The lowest BCUT2D eigenvalue weighted by Gasteiger charge is -2.19. The Kier molecular flexibility index (Phi) is 5.96. The number of aromatic nitrogens is 3. The molecule has 13 nitrogen and oxygen atoms in total. The minimum Gasteiger partial charge on any atom is -0.480 e. The van der Waals surface area contributed by atoms with Crippen LogP contribution in [-0.4, -0.2) is 47.7 Å². The quantitative estimate of drug-likeness (QED) is 0.488. The minimum absolute atomic E-state index is 0.135. The fraction of sp³-hybridized carbons (Fsp3) is 0.381. The maximum absolute atomic E-state index is 14.8. The van der Waals surface area contributed by atoms with Crippen LogP contribution in [0.15, 0.2) is 32.6 Å². The molecule has 1 aromatic heterocycles. The van der Waals surface area contributed by atoms with Gasteiger partial charge in [-0.25, -0.2) is 37.4 Å². The molecule has 1 saturated carbocycles. The first-order valence-electron chi connectivity index (χ1n) is 10.6. The molecular formula is C21H19FN4O9. The van der Waals surface area contributed by atoms with Crippen molar-refractivity contribution in [3.63, 3.8) is 0 Å². The number of carboxylic acid groups (broad SMARTS) is 2. The maximum Gasteiger partial charge on any atom is 0.341 e. The maximum atomic E-state index is 14.8. The molecule has 2 atom stereocenters. The number of amides is 2. The molecule has 2 N–H and O–H groups in total. The van der Waals surface area contributed by atoms with Gasteiger partial charge in [-0.1, -0.05) is 12.8 Å². The van der Waals surface area contributed by atoms with E-state index >= 15 is 0 Å². The molecule has 0 spiro atoms. The highest BCUT2D eigenvalue weighted by molar-refractivity contribution is 6.22. The fourth-order valence-electron chi connectivity index (χ4n) is 4.61. The van der Waals surface area contributed by atoms with Crippen molar-refractivity contribution in [3.8, 4) is 5.69 Å². The van der Waals surface area contributed by atoms with Crippen molar-refractivity contribution in [2.24, 2.45) is 11.8 Å². The van der Waals surface area contributed by atoms with Crippen LogP contribution in [0.25, 0.3) is 5.69 Å². The summed E-state index contributed by atoms with van der Waals surface area (Å²) in [6.45, 7) is -2.36. The van der Waals surface area contributed by atoms with Crippen molar-refractivity contribution in [3.05, 3.63) is 55.5 Å². The number of imide groups is 1. The Hall–Kier alpha value is -4.36. The van der Waals surface area contributed by atoms with E-state index in [2.05, 4.69) is 0 Å². The van der Waals surface area contributed by atoms with Crippen LogP contribution in [0.5, 0.6) is 0 Å². The predicted molar refractivity (Wildman–Crippen MR) is 114 cm³/mol. The van der Waals surface area contributed by atoms with Crippen molar-refractivity contribution < 1.29 is 33.8 Å². The van der Waals surface area contributed by atoms with E-state index < -0.39 is 82.9 Å². The van der Waals surface area contributed by atoms with Crippen LogP contribution >= 0.6 is 0 Å². The zero-order valence-corrected chi connectivity index (χ0v) is 18.0. The normalized spacial score (nSPS) is 19.6. The van der Waals surface area contributed by atoms with Crippen molar-refractivity contribution in [1.82, 2.24) is 13.7 Å². The number of anilines is 1. The van der Waals surface area contributed by atoms with Crippen LogP contribution in [0.2, 0.25) is 0 Å². The van der Waals surface area contributed by atoms with Crippen LogP contribution < -0.4 is 22.0 Å². The minimum atomic E-state index is -1.62. The fourth-order valence-corrected chi connectivity index (χ4v) is 4.61. The van der Waals surface area contributed by atoms with Gasteiger partial charge in [0.2, 0.25) is 11.8 Å². The molecule has 1 aliphatic carbocycles. The van der Waals surface area contributed by atoms with E-state index in [0.29, 0.717) is 17.7 Å². The summed E-state index contributed by atoms with van der Waals surface area (Å²) in [6, 6.07) is 2.62. The Morgan fingerprint density at radius 2 is 1.31 bits per heavy atom. The van der Waals surface area contributed by atoms with Gasteiger partial charge in [-0.2, -0.15) is 0 Å². The molecule has 2 amide bonds. The van der Waals surface area contributed by atoms with Crippen LogP contribution in [-0.2, 0) is 32.3 Å². The Balaban J connectivity index is 1.92. The van der Waals surface area contributed by atoms with Crippen molar-refractivity contribution >= 4 is 29.4 Å². The van der Waals surface area contributed by atoms with E-state index in [-0.39, 0.29) is 13.7 Å². The number of hydrogen-bond acceptors (Lipinski definition) is 7. The van der Waals surface area contributed by atoms with Gasteiger partial charge < -0.3 is 10.2 Å². The van der Waals surface area contributed by atoms with E-state index in [4.69, 9.17) is 10.2 Å². The first kappa shape index (κ1) is 23.8. The number of hydrogen-bond donors (Lipinski definition) is 2. The molecule has 2 aromatic rings. The standard InChI is InChI=1S/C21H19FN4O9/c22-13-6-5-10(7-14(13)26-17(31)11-3-1-2-4-12(11)18(26)32)25-20(34)23(8-15(27)28)19(33)24(21(25)35)9-16(29)30/h5-7,11-12H,1-4,8-9H2,(H,27,28)(H,29,30). The molecule has 1 aliphatic heterocycles. The summed E-state index contributed by atoms with van der Waals surface area (Å²) in [5.74, 6) is -6.66. The van der Waals surface area contributed by atoms with Gasteiger partial charge in [0.1, 0.15) is 18.9 Å². The second kappa shape index (κ2) is 8.77. The molecule has 14 heteroatoms. The summed E-state index contributed by atoms with van der Waals surface area (Å²) in [4.78, 5) is 87.1. The lowest BCUT2D eigenvalue weighted by Crippen LogP contribution is -2.55. The van der Waals surface area contributed by atoms with Crippen molar-refractivity contribution in [2.75, 3.05) is 4.90 Å². The van der Waals surface area contributed by atoms with Gasteiger partial charge in [0.05, 0.1) is 23.2 Å². The van der Waals surface area contributed by atoms with E-state index in [0.717, 1.165) is 31.0 Å². The Bertz CT molecular complexity index is 1380. The molecule has 1 aromatic carbocycles. The van der Waals surface area contributed by atoms with Gasteiger partial charge in [0.25, 0.3) is 0 Å². The largest absolute Gasteiger partial charge is 0.480 e. The smallest absolute Gasteiger partial charge is 0.341 e. The van der Waals surface area contributed by atoms with Gasteiger partial charge >= 0.3 is 29.0 Å². The van der Waals surface area contributed by atoms with Crippen LogP contribution in [0.1, 0.15) is 25.7 Å². The highest BCUT2D eigenvalue weighted by Gasteiger charge is 2.49. The molecule has 2 fully saturated rings. The summed E-state index contributed by atoms with van der Waals surface area (Å²) in [5.41, 5.74) is -5.22. The number of rotatable bonds is 6. The summed E-state index contributed by atoms with van der Waals surface area (Å²) < 4.78 is 15.4. The second-order valence-electron chi connectivity index (χ2n) is 8.29. The average molecular weight is 490 g/mol. The second-order valence-corrected chi connectivity index (χ2v) is 8.29. The van der Waals surface area contributed by atoms with Gasteiger partial charge in [0.15, 0.2) is 0 Å². The van der Waals surface area contributed by atoms with Crippen LogP contribution in [0.3, 0.4) is 0 Å². The Labute approximate surface area is 194 Å². The third kappa shape index (κ3) is 3.96. The van der Waals surface area contributed by atoms with Gasteiger partial charge in [0, 0.05) is 0 Å². The average Bonchev–Trinajstić information content (AvgIpc) is 3.05. The molecule has 184 valence electrons. The van der Waals surface area contributed by atoms with E-state index in [1.165, 1.54) is 0 Å². The van der Waals surface area contributed by atoms with E-state index in [9.17, 15) is 38.0 Å². The molecule has 1 saturated heterocycles. The molecule has 0 radical (unpaired) electrons. The highest BCUT2D eigenvalue weighted by atomic mass is 19.1. The molecule has 2 aliphatic rings. The zero-order valence-electron chi connectivity index (χ0n) is 18.0. The number of carbonyl (C=O) groups excluding carboxylic acids is 2. The van der Waals surface area contributed by atoms with Crippen molar-refractivity contribution in [2.45, 2.75) is 38.8 Å². The van der Waals surface area contributed by atoms with E-state index in [1.807, 2.05) is 0 Å². The third-order valence-corrected chi connectivity index (χ3v) is 6.16. The third-order valence-electron chi connectivity index (χ3n) is 6.16. The molecule has 2 heterocycles. The first-order chi connectivity index (χ1) is 16.5. The summed E-state index contributed by atoms with van der Waals surface area (Å²) in [5, 5.41) is 18.1. The van der Waals surface area contributed by atoms with Gasteiger partial charge in [-0.15, -0.1) is 0 Å². The molecular weight excluding hydrogens is 471 g/mol. The zero-order chi connectivity index (χ0) is 25.6. The van der Waals surface area contributed by atoms with Crippen molar-refractivity contribution in [1.29, 1.82) is 0 Å². The number of carbonyl (C=O) groups is 4. The van der Waals surface area contributed by atoms with Crippen LogP contribution in [0, 0.1) is 17.7 Å². The lowest BCUT2D eigenvalue weighted by molar-refractivity contribution is -0.138. The number of carboxylic acids is 2. The summed E-state index contributed by atoms with van der Waals surface area (Å²) in [6.07, 6.45) is 2.40. The lowest BCUT2D eigenvalue weighted by atomic mass is 9.81. The molecule has 35 heavy (non-hydrogen) atoms. The topological polar surface area (TPSA) is 178 Å². The molecule has 2 unspecified atom stereocenters. The number of halogens is 1. The number of nitrogens with zero attached hydrogens (tertiary/aromatic N) is 4. The summed E-state index contributed by atoms with van der Waals surface area (Å²) >= 11 is 0. The molecule has 4 rings (SSSR count). The number of aliphatic carboxylic acids is 2. The monoisotopic (exact) mass is 490 g/mol. The highest BCUT2D eigenvalue weighted by Crippen LogP contribution is 2.40. The van der Waals surface area contributed by atoms with Crippen LogP contribution in [0.4, 0.5) is 10.1 Å². The number of fused-ring (bicyclic) bond motifs is 1. The van der Waals surface area contributed by atoms with Gasteiger partial charge in [-0.05, 0) is 31.0 Å². The summed E-state index contributed by atoms with van der Waals surface area (Å²) in [7, 11) is 0. The SMILES string of the molecule is O=C(O)Cn1c(=O)n(CC(=O)O)c(=O)n(-c2ccc(F)c(N3C(=O)C4CCCCC4C3=O)c2)c1=O. The predicted octanol–water partition coefficient (Wildman–Crippen LogP) is -0.851. The Morgan fingerprint density at radius 3 is 1.77 bits per heavy atom. The molecule has 0 bridgehead atoms. The van der Waals surface area contributed by atoms with Gasteiger partial charge in [-0.3, -0.25) is 19.2 Å².